The fraction of sp³-hybridized carbons (Fsp3) is 0.700. The highest BCUT2D eigenvalue weighted by Crippen LogP contribution is 2.49. The van der Waals surface area contributed by atoms with Crippen LogP contribution in [0.3, 0.4) is 0 Å². The van der Waals surface area contributed by atoms with Gasteiger partial charge in [0.05, 0.1) is 6.33 Å². The summed E-state index contributed by atoms with van der Waals surface area (Å²) >= 11 is 0. The van der Waals surface area contributed by atoms with Gasteiger partial charge in [-0.3, -0.25) is 14.7 Å². The summed E-state index contributed by atoms with van der Waals surface area (Å²) in [6.07, 6.45) is -0.410. The number of anilines is 2. The van der Waals surface area contributed by atoms with Crippen molar-refractivity contribution in [1.82, 2.24) is 19.5 Å². The Balaban J connectivity index is 1.84. The molecule has 0 unspecified atom stereocenters. The molecule has 0 radical (unpaired) electrons. The first kappa shape index (κ1) is 21.8. The summed E-state index contributed by atoms with van der Waals surface area (Å²) in [5, 5.41) is 12.9. The van der Waals surface area contributed by atoms with E-state index >= 15 is 4.39 Å². The van der Waals surface area contributed by atoms with E-state index < -0.39 is 23.9 Å². The van der Waals surface area contributed by atoms with Crippen LogP contribution in [0.4, 0.5) is 20.5 Å². The minimum absolute atomic E-state index is 0.0518. The average Bonchev–Trinajstić information content (AvgIpc) is 3.43. The maximum absolute atomic E-state index is 15.5. The van der Waals surface area contributed by atoms with Crippen molar-refractivity contribution in [2.75, 3.05) is 23.3 Å². The van der Waals surface area contributed by atoms with Crippen LogP contribution in [0.2, 0.25) is 0 Å². The Morgan fingerprint density at radius 1 is 1.35 bits per heavy atom. The molecule has 0 aromatic carbocycles. The summed E-state index contributed by atoms with van der Waals surface area (Å²) in [5.74, 6) is -2.53. The molecule has 4 atom stereocenters. The second-order valence-corrected chi connectivity index (χ2v) is 8.70. The van der Waals surface area contributed by atoms with Gasteiger partial charge >= 0.3 is 0 Å². The quantitative estimate of drug-likeness (QED) is 0.739. The number of aromatic nitrogens is 4. The van der Waals surface area contributed by atoms with Crippen LogP contribution >= 0.6 is 0 Å². The molecule has 170 valence electrons. The maximum Gasteiger partial charge on any atom is 0.240 e. The smallest absolute Gasteiger partial charge is 0.240 e. The number of fused-ring (bicyclic) bond motifs is 1. The number of ether oxygens (including phenoxy) is 1. The molecule has 2 aliphatic rings. The fourth-order valence-corrected chi connectivity index (χ4v) is 4.06. The highest BCUT2D eigenvalue weighted by molar-refractivity contribution is 5.92. The minimum Gasteiger partial charge on any atom is -0.384 e. The second kappa shape index (κ2) is 7.63. The molecule has 0 aliphatic carbocycles. The van der Waals surface area contributed by atoms with Gasteiger partial charge in [0.1, 0.15) is 0 Å². The first-order valence-corrected chi connectivity index (χ1v) is 10.6. The lowest BCUT2D eigenvalue weighted by Crippen LogP contribution is -2.43. The van der Waals surface area contributed by atoms with Crippen molar-refractivity contribution in [1.29, 1.82) is 0 Å². The molecule has 9 nitrogen and oxygen atoms in total. The number of rotatable bonds is 5. The number of hydrogen-bond donors (Lipinski definition) is 2. The second-order valence-electron chi connectivity index (χ2n) is 8.70. The molecular weight excluding hydrogens is 410 g/mol. The van der Waals surface area contributed by atoms with E-state index in [2.05, 4.69) is 20.3 Å². The summed E-state index contributed by atoms with van der Waals surface area (Å²) in [4.78, 5) is 27.5. The van der Waals surface area contributed by atoms with E-state index in [1.807, 2.05) is 4.90 Å². The van der Waals surface area contributed by atoms with E-state index in [9.17, 15) is 14.3 Å². The summed E-state index contributed by atoms with van der Waals surface area (Å²) in [5.41, 5.74) is -1.85. The zero-order valence-electron chi connectivity index (χ0n) is 18.1. The molecule has 31 heavy (non-hydrogen) atoms. The molecule has 1 amide bonds. The Morgan fingerprint density at radius 2 is 2.03 bits per heavy atom. The van der Waals surface area contributed by atoms with Crippen LogP contribution in [0.25, 0.3) is 11.2 Å². The van der Waals surface area contributed by atoms with Crippen molar-refractivity contribution >= 4 is 28.8 Å². The average molecular weight is 438 g/mol. The number of nitrogens with one attached hydrogen (secondary N) is 1. The molecule has 2 fully saturated rings. The van der Waals surface area contributed by atoms with E-state index in [1.54, 1.807) is 13.8 Å². The molecule has 11 heteroatoms. The highest BCUT2D eigenvalue weighted by Gasteiger charge is 2.63. The monoisotopic (exact) mass is 438 g/mol. The van der Waals surface area contributed by atoms with Gasteiger partial charge in [-0.1, -0.05) is 20.8 Å². The van der Waals surface area contributed by atoms with Gasteiger partial charge < -0.3 is 14.7 Å². The standard InChI is InChI=1S/C20H28F2N6O3/c1-5-20(22)16(30)19(4,21)17(31-20)28-10-23-12-13(27-8-6-7-9-27)24-18(25-14(12)28)26-15(29)11(2)3/h10-11,16-17,30H,5-9H2,1-4H3,(H,24,25,26,29)/t16-,17+,19+,20+/m0/s1. The number of nitrogens with zero attached hydrogens (tertiary/aromatic N) is 5. The molecule has 0 bridgehead atoms. The van der Waals surface area contributed by atoms with Crippen LogP contribution in [0.1, 0.15) is 53.2 Å². The van der Waals surface area contributed by atoms with Crippen molar-refractivity contribution in [3.63, 3.8) is 0 Å². The van der Waals surface area contributed by atoms with Crippen LogP contribution in [-0.2, 0) is 9.53 Å². The molecule has 0 spiro atoms. The van der Waals surface area contributed by atoms with Gasteiger partial charge in [-0.25, -0.2) is 13.8 Å². The number of amides is 1. The highest BCUT2D eigenvalue weighted by atomic mass is 19.2. The summed E-state index contributed by atoms with van der Waals surface area (Å²) in [7, 11) is 0. The van der Waals surface area contributed by atoms with E-state index in [-0.39, 0.29) is 29.8 Å². The third-order valence-corrected chi connectivity index (χ3v) is 6.04. The van der Waals surface area contributed by atoms with E-state index in [0.717, 1.165) is 32.9 Å². The number of imidazole rings is 1. The zero-order chi connectivity index (χ0) is 22.6. The number of hydrogen-bond acceptors (Lipinski definition) is 7. The SMILES string of the molecule is CC[C@@]1(F)O[C@@H](n2cnc3c(N4CCCC4)nc(NC(=O)C(C)C)nc32)[C@](C)(F)[C@@H]1O. The summed E-state index contributed by atoms with van der Waals surface area (Å²) in [6, 6.07) is 0. The molecule has 2 aromatic heterocycles. The third-order valence-electron chi connectivity index (χ3n) is 6.04. The minimum atomic E-state index is -2.54. The number of aliphatic hydroxyl groups excluding tert-OH is 1. The van der Waals surface area contributed by atoms with Crippen LogP contribution in [-0.4, -0.2) is 61.2 Å². The van der Waals surface area contributed by atoms with E-state index in [0.29, 0.717) is 11.3 Å². The van der Waals surface area contributed by atoms with Crippen LogP contribution in [0.15, 0.2) is 6.33 Å². The van der Waals surface area contributed by atoms with Gasteiger partial charge in [0, 0.05) is 25.4 Å². The van der Waals surface area contributed by atoms with Crippen molar-refractivity contribution in [3.05, 3.63) is 6.33 Å². The third kappa shape index (κ3) is 3.53. The lowest BCUT2D eigenvalue weighted by atomic mass is 9.96. The molecule has 2 aromatic rings. The van der Waals surface area contributed by atoms with Gasteiger partial charge in [0.15, 0.2) is 35.0 Å². The van der Waals surface area contributed by atoms with Crippen LogP contribution in [0.5, 0.6) is 0 Å². The number of halogens is 2. The number of alkyl halides is 2. The van der Waals surface area contributed by atoms with Crippen LogP contribution in [0, 0.1) is 5.92 Å². The number of carbonyl (C=O) groups excluding carboxylic acids is 1. The van der Waals surface area contributed by atoms with Crippen molar-refractivity contribution in [2.45, 2.75) is 70.8 Å². The molecule has 2 saturated heterocycles. The molecule has 2 N–H and O–H groups in total. The topological polar surface area (TPSA) is 105 Å². The first-order valence-electron chi connectivity index (χ1n) is 10.6. The normalized spacial score (nSPS) is 31.2. The molecule has 4 rings (SSSR count). The van der Waals surface area contributed by atoms with E-state index in [4.69, 9.17) is 4.74 Å². The number of carbonyl (C=O) groups is 1. The predicted molar refractivity (Wildman–Crippen MR) is 110 cm³/mol. The zero-order valence-corrected chi connectivity index (χ0v) is 18.1. The van der Waals surface area contributed by atoms with Gasteiger partial charge in [-0.15, -0.1) is 0 Å². The van der Waals surface area contributed by atoms with Crippen LogP contribution < -0.4 is 10.2 Å². The Labute approximate surface area is 178 Å². The van der Waals surface area contributed by atoms with Crippen molar-refractivity contribution in [3.8, 4) is 0 Å². The Morgan fingerprint density at radius 3 is 2.61 bits per heavy atom. The summed E-state index contributed by atoms with van der Waals surface area (Å²) in [6.45, 7) is 7.58. The maximum atomic E-state index is 15.5. The van der Waals surface area contributed by atoms with Gasteiger partial charge in [0.25, 0.3) is 0 Å². The largest absolute Gasteiger partial charge is 0.384 e. The first-order chi connectivity index (χ1) is 14.6. The Kier molecular flexibility index (Phi) is 5.37. The molecule has 2 aliphatic heterocycles. The van der Waals surface area contributed by atoms with Gasteiger partial charge in [-0.2, -0.15) is 9.97 Å². The van der Waals surface area contributed by atoms with E-state index in [1.165, 1.54) is 17.8 Å². The molecule has 0 saturated carbocycles. The number of aliphatic hydroxyl groups is 1. The van der Waals surface area contributed by atoms with Gasteiger partial charge in [0.2, 0.25) is 17.7 Å². The molecular formula is C20H28F2N6O3. The molecule has 4 heterocycles. The Bertz CT molecular complexity index is 991. The van der Waals surface area contributed by atoms with Crippen molar-refractivity contribution in [2.24, 2.45) is 5.92 Å². The fourth-order valence-electron chi connectivity index (χ4n) is 4.06. The lowest BCUT2D eigenvalue weighted by molar-refractivity contribution is -0.187. The van der Waals surface area contributed by atoms with Gasteiger partial charge in [-0.05, 0) is 19.8 Å². The predicted octanol–water partition coefficient (Wildman–Crippen LogP) is 2.71. The Hall–Kier alpha value is -2.40. The van der Waals surface area contributed by atoms with Crippen molar-refractivity contribution < 1.29 is 23.4 Å². The lowest BCUT2D eigenvalue weighted by Gasteiger charge is -2.25. The summed E-state index contributed by atoms with van der Waals surface area (Å²) < 4.78 is 37.1.